The molecule has 2 aromatic carbocycles. The molecule has 0 unspecified atom stereocenters. The van der Waals surface area contributed by atoms with E-state index in [9.17, 15) is 9.59 Å². The topological polar surface area (TPSA) is 97.1 Å². The Hall–Kier alpha value is -3.42. The number of hydrogen-bond donors (Lipinski definition) is 3. The maximum atomic E-state index is 12.8. The van der Waals surface area contributed by atoms with Gasteiger partial charge in [-0.3, -0.25) is 9.59 Å². The van der Waals surface area contributed by atoms with Crippen LogP contribution in [0.1, 0.15) is 33.5 Å². The Morgan fingerprint density at radius 1 is 1.09 bits per heavy atom. The molecule has 4 N–H and O–H groups in total. The number of rotatable bonds is 8. The summed E-state index contributed by atoms with van der Waals surface area (Å²) in [7, 11) is 0. The van der Waals surface area contributed by atoms with Crippen molar-refractivity contribution in [2.45, 2.75) is 26.3 Å². The molecule has 6 nitrogen and oxygen atoms in total. The normalized spacial score (nSPS) is 10.8. The summed E-state index contributed by atoms with van der Waals surface area (Å²) in [6, 6.07) is 17.1. The zero-order chi connectivity index (χ0) is 23.4. The SMILES string of the molecule is CC(=O)Nc1cccc(NCc2sc(C(=O)CCc3ccc4c(N)nccc4c3)cc2Cl)c1. The van der Waals surface area contributed by atoms with Gasteiger partial charge in [0, 0.05) is 41.2 Å². The summed E-state index contributed by atoms with van der Waals surface area (Å²) in [6.45, 7) is 1.96. The molecule has 0 radical (unpaired) electrons. The van der Waals surface area contributed by atoms with E-state index in [4.69, 9.17) is 17.3 Å². The largest absolute Gasteiger partial charge is 0.383 e. The number of nitrogens with zero attached hydrogens (tertiary/aromatic N) is 1. The standard InChI is InChI=1S/C25H23ClN4O2S/c1-15(31)30-19-4-2-3-18(12-19)29-14-24-21(26)13-23(33-24)22(32)8-6-16-5-7-20-17(11-16)9-10-28-25(20)27/h2-5,7,9-13,29H,6,8,14H2,1H3,(H2,27,28)(H,30,31). The van der Waals surface area contributed by atoms with E-state index in [2.05, 4.69) is 15.6 Å². The van der Waals surface area contributed by atoms with Crippen LogP contribution >= 0.6 is 22.9 Å². The van der Waals surface area contributed by atoms with Crippen molar-refractivity contribution in [3.63, 3.8) is 0 Å². The van der Waals surface area contributed by atoms with Gasteiger partial charge in [-0.15, -0.1) is 11.3 Å². The lowest BCUT2D eigenvalue weighted by Crippen LogP contribution is -2.06. The highest BCUT2D eigenvalue weighted by atomic mass is 35.5. The lowest BCUT2D eigenvalue weighted by atomic mass is 10.0. The van der Waals surface area contributed by atoms with Gasteiger partial charge >= 0.3 is 0 Å². The number of carbonyl (C=O) groups is 2. The van der Waals surface area contributed by atoms with Crippen LogP contribution in [0.3, 0.4) is 0 Å². The second kappa shape index (κ2) is 10.0. The first-order valence-corrected chi connectivity index (χ1v) is 11.6. The van der Waals surface area contributed by atoms with Gasteiger partial charge in [-0.25, -0.2) is 4.98 Å². The van der Waals surface area contributed by atoms with Crippen LogP contribution in [0.15, 0.2) is 60.8 Å². The fourth-order valence-corrected chi connectivity index (χ4v) is 4.86. The first kappa shape index (κ1) is 22.8. The van der Waals surface area contributed by atoms with E-state index in [1.54, 1.807) is 12.3 Å². The first-order valence-electron chi connectivity index (χ1n) is 10.4. The van der Waals surface area contributed by atoms with Gasteiger partial charge in [0.1, 0.15) is 5.82 Å². The van der Waals surface area contributed by atoms with Crippen molar-refractivity contribution in [1.29, 1.82) is 0 Å². The van der Waals surface area contributed by atoms with Gasteiger partial charge in [0.15, 0.2) is 5.78 Å². The third-order valence-electron chi connectivity index (χ3n) is 5.17. The lowest BCUT2D eigenvalue weighted by molar-refractivity contribution is -0.114. The lowest BCUT2D eigenvalue weighted by Gasteiger charge is -2.08. The summed E-state index contributed by atoms with van der Waals surface area (Å²) in [6.07, 6.45) is 2.72. The number of nitrogen functional groups attached to an aromatic ring is 1. The zero-order valence-electron chi connectivity index (χ0n) is 18.0. The van der Waals surface area contributed by atoms with Crippen LogP contribution in [0.2, 0.25) is 5.02 Å². The number of benzene rings is 2. The van der Waals surface area contributed by atoms with E-state index >= 15 is 0 Å². The Balaban J connectivity index is 1.37. The predicted octanol–water partition coefficient (Wildman–Crippen LogP) is 5.92. The number of nitrogens with two attached hydrogens (primary N) is 1. The van der Waals surface area contributed by atoms with Crippen molar-refractivity contribution < 1.29 is 9.59 Å². The third-order valence-corrected chi connectivity index (χ3v) is 6.79. The minimum atomic E-state index is -0.124. The van der Waals surface area contributed by atoms with Crippen molar-refractivity contribution in [3.8, 4) is 0 Å². The number of thiophene rings is 1. The minimum Gasteiger partial charge on any atom is -0.383 e. The number of aromatic nitrogens is 1. The van der Waals surface area contributed by atoms with Crippen LogP contribution < -0.4 is 16.4 Å². The van der Waals surface area contributed by atoms with E-state index in [1.807, 2.05) is 48.5 Å². The van der Waals surface area contributed by atoms with Gasteiger partial charge in [0.2, 0.25) is 5.91 Å². The highest BCUT2D eigenvalue weighted by Gasteiger charge is 2.14. The molecule has 8 heteroatoms. The smallest absolute Gasteiger partial charge is 0.221 e. The highest BCUT2D eigenvalue weighted by Crippen LogP contribution is 2.30. The number of halogens is 1. The number of hydrogen-bond acceptors (Lipinski definition) is 6. The molecule has 0 saturated heterocycles. The van der Waals surface area contributed by atoms with Crippen LogP contribution in [0.4, 0.5) is 17.2 Å². The predicted molar refractivity (Wildman–Crippen MR) is 136 cm³/mol. The molecular formula is C25H23ClN4O2S. The van der Waals surface area contributed by atoms with Gasteiger partial charge in [0.05, 0.1) is 16.4 Å². The van der Waals surface area contributed by atoms with Crippen LogP contribution in [0.25, 0.3) is 10.8 Å². The molecular weight excluding hydrogens is 456 g/mol. The number of nitrogens with one attached hydrogen (secondary N) is 2. The zero-order valence-corrected chi connectivity index (χ0v) is 19.6. The van der Waals surface area contributed by atoms with Crippen LogP contribution in [0, 0.1) is 0 Å². The number of pyridine rings is 1. The molecule has 0 spiro atoms. The molecule has 0 aliphatic carbocycles. The number of carbonyl (C=O) groups excluding carboxylic acids is 2. The molecule has 1 amide bonds. The Morgan fingerprint density at radius 2 is 1.91 bits per heavy atom. The van der Waals surface area contributed by atoms with E-state index in [-0.39, 0.29) is 11.7 Å². The molecule has 0 bridgehead atoms. The summed E-state index contributed by atoms with van der Waals surface area (Å²) < 4.78 is 0. The van der Waals surface area contributed by atoms with E-state index in [0.717, 1.165) is 26.9 Å². The second-order valence-electron chi connectivity index (χ2n) is 7.67. The van der Waals surface area contributed by atoms with Crippen molar-refractivity contribution in [2.75, 3.05) is 16.4 Å². The molecule has 33 heavy (non-hydrogen) atoms. The molecule has 0 fully saturated rings. The van der Waals surface area contributed by atoms with Crippen LogP contribution in [-0.2, 0) is 17.8 Å². The molecule has 0 atom stereocenters. The van der Waals surface area contributed by atoms with E-state index in [0.29, 0.717) is 40.8 Å². The number of Topliss-reactive ketones (excluding diaryl/α,β-unsaturated/α-hetero) is 1. The third kappa shape index (κ3) is 5.69. The Bertz CT molecular complexity index is 1340. The number of ketones is 1. The number of fused-ring (bicyclic) bond motifs is 1. The molecule has 4 rings (SSSR count). The number of aryl methyl sites for hydroxylation is 1. The average molecular weight is 479 g/mol. The maximum absolute atomic E-state index is 12.8. The first-order chi connectivity index (χ1) is 15.9. The van der Waals surface area contributed by atoms with Crippen molar-refractivity contribution in [2.24, 2.45) is 0 Å². The van der Waals surface area contributed by atoms with Gasteiger partial charge < -0.3 is 16.4 Å². The van der Waals surface area contributed by atoms with E-state index < -0.39 is 0 Å². The molecule has 2 heterocycles. The molecule has 0 aliphatic rings. The van der Waals surface area contributed by atoms with Gasteiger partial charge in [0.25, 0.3) is 0 Å². The highest BCUT2D eigenvalue weighted by molar-refractivity contribution is 7.14. The molecule has 4 aromatic rings. The number of anilines is 3. The maximum Gasteiger partial charge on any atom is 0.221 e. The monoisotopic (exact) mass is 478 g/mol. The Kier molecular flexibility index (Phi) is 6.91. The van der Waals surface area contributed by atoms with Crippen molar-refractivity contribution >= 4 is 62.6 Å². The number of amides is 1. The van der Waals surface area contributed by atoms with E-state index in [1.165, 1.54) is 18.3 Å². The summed E-state index contributed by atoms with van der Waals surface area (Å²) in [4.78, 5) is 29.7. The molecule has 168 valence electrons. The van der Waals surface area contributed by atoms with Gasteiger partial charge in [-0.05, 0) is 47.7 Å². The molecule has 2 aromatic heterocycles. The quantitative estimate of drug-likeness (QED) is 0.273. The fourth-order valence-electron chi connectivity index (χ4n) is 3.54. The molecule has 0 aliphatic heterocycles. The second-order valence-corrected chi connectivity index (χ2v) is 9.22. The van der Waals surface area contributed by atoms with Crippen LogP contribution in [-0.4, -0.2) is 16.7 Å². The summed E-state index contributed by atoms with van der Waals surface area (Å²) in [5.74, 6) is 0.447. The molecule has 0 saturated carbocycles. The Morgan fingerprint density at radius 3 is 2.73 bits per heavy atom. The summed E-state index contributed by atoms with van der Waals surface area (Å²) in [5, 5.41) is 8.55. The van der Waals surface area contributed by atoms with Gasteiger partial charge in [-0.1, -0.05) is 35.9 Å². The van der Waals surface area contributed by atoms with Crippen molar-refractivity contribution in [3.05, 3.63) is 81.1 Å². The minimum absolute atomic E-state index is 0.0649. The van der Waals surface area contributed by atoms with Crippen LogP contribution in [0.5, 0.6) is 0 Å². The average Bonchev–Trinajstić information content (AvgIpc) is 3.16. The van der Waals surface area contributed by atoms with Crippen molar-refractivity contribution in [1.82, 2.24) is 4.98 Å². The fraction of sp³-hybridized carbons (Fsp3) is 0.160. The summed E-state index contributed by atoms with van der Waals surface area (Å²) >= 11 is 7.80. The van der Waals surface area contributed by atoms with Gasteiger partial charge in [-0.2, -0.15) is 0 Å². The Labute approximate surface area is 200 Å². The summed E-state index contributed by atoms with van der Waals surface area (Å²) in [5.41, 5.74) is 8.55.